The van der Waals surface area contributed by atoms with Crippen molar-refractivity contribution in [1.82, 2.24) is 4.90 Å². The number of hydrogen-bond donors (Lipinski definition) is 0. The number of sulfone groups is 1. The van der Waals surface area contributed by atoms with E-state index < -0.39 is 20.7 Å². The number of ether oxygens (including phenoxy) is 1. The van der Waals surface area contributed by atoms with E-state index in [1.165, 1.54) is 0 Å². The fourth-order valence-electron chi connectivity index (χ4n) is 2.60. The monoisotopic (exact) mass is 339 g/mol. The van der Waals surface area contributed by atoms with Crippen molar-refractivity contribution in [3.8, 4) is 0 Å². The molecule has 0 radical (unpaired) electrons. The van der Waals surface area contributed by atoms with Gasteiger partial charge in [-0.3, -0.25) is 0 Å². The zero-order valence-corrected chi connectivity index (χ0v) is 15.0. The van der Waals surface area contributed by atoms with Crippen molar-refractivity contribution in [1.29, 1.82) is 0 Å². The average Bonchev–Trinajstić information content (AvgIpc) is 2.46. The fourth-order valence-corrected chi connectivity index (χ4v) is 4.33. The van der Waals surface area contributed by atoms with Crippen LogP contribution in [0.3, 0.4) is 0 Å². The van der Waals surface area contributed by atoms with Crippen molar-refractivity contribution in [2.24, 2.45) is 0 Å². The van der Waals surface area contributed by atoms with Crippen molar-refractivity contribution >= 4 is 15.9 Å². The molecule has 0 aliphatic carbocycles. The van der Waals surface area contributed by atoms with Crippen LogP contribution in [0.15, 0.2) is 29.2 Å². The van der Waals surface area contributed by atoms with Crippen molar-refractivity contribution in [2.45, 2.75) is 56.3 Å². The predicted molar refractivity (Wildman–Crippen MR) is 89.2 cm³/mol. The molecule has 1 fully saturated rings. The van der Waals surface area contributed by atoms with Crippen LogP contribution < -0.4 is 0 Å². The highest BCUT2D eigenvalue weighted by atomic mass is 32.2. The maximum Gasteiger partial charge on any atom is 0.410 e. The van der Waals surface area contributed by atoms with Crippen LogP contribution in [-0.2, 0) is 14.6 Å². The molecule has 1 aliphatic rings. The van der Waals surface area contributed by atoms with Crippen LogP contribution in [0.2, 0.25) is 0 Å². The molecule has 23 heavy (non-hydrogen) atoms. The Hall–Kier alpha value is -1.56. The highest BCUT2D eigenvalue weighted by Crippen LogP contribution is 2.25. The Morgan fingerprint density at radius 1 is 1.13 bits per heavy atom. The van der Waals surface area contributed by atoms with Gasteiger partial charge in [-0.05, 0) is 52.7 Å². The molecule has 0 N–H and O–H groups in total. The number of carbonyl (C=O) groups excluding carboxylic acids is 1. The van der Waals surface area contributed by atoms with E-state index in [9.17, 15) is 13.2 Å². The molecule has 0 spiro atoms. The van der Waals surface area contributed by atoms with Gasteiger partial charge in [0.1, 0.15) is 5.60 Å². The Balaban J connectivity index is 2.01. The zero-order chi connectivity index (χ0) is 17.3. The molecule has 6 heteroatoms. The van der Waals surface area contributed by atoms with Crippen LogP contribution in [0.1, 0.15) is 39.2 Å². The summed E-state index contributed by atoms with van der Waals surface area (Å²) in [6.07, 6.45) is 0.508. The second-order valence-electron chi connectivity index (χ2n) is 7.02. The number of carbonyl (C=O) groups is 1. The number of likely N-dealkylation sites (tertiary alicyclic amines) is 1. The highest BCUT2D eigenvalue weighted by Gasteiger charge is 2.34. The number of hydrogen-bond acceptors (Lipinski definition) is 4. The number of benzene rings is 1. The van der Waals surface area contributed by atoms with Gasteiger partial charge in [0, 0.05) is 13.1 Å². The Morgan fingerprint density at radius 3 is 2.13 bits per heavy atom. The van der Waals surface area contributed by atoms with Gasteiger partial charge < -0.3 is 9.64 Å². The van der Waals surface area contributed by atoms with Gasteiger partial charge in [-0.25, -0.2) is 13.2 Å². The second-order valence-corrected chi connectivity index (χ2v) is 9.25. The van der Waals surface area contributed by atoms with E-state index in [1.807, 2.05) is 39.8 Å². The van der Waals surface area contributed by atoms with E-state index in [-0.39, 0.29) is 6.09 Å². The molecule has 1 heterocycles. The van der Waals surface area contributed by atoms with Crippen LogP contribution in [0, 0.1) is 6.92 Å². The number of aryl methyl sites for hydroxylation is 1. The quantitative estimate of drug-likeness (QED) is 0.830. The number of rotatable bonds is 2. The van der Waals surface area contributed by atoms with Gasteiger partial charge in [0.15, 0.2) is 9.84 Å². The number of amides is 1. The first-order chi connectivity index (χ1) is 10.6. The van der Waals surface area contributed by atoms with Gasteiger partial charge in [-0.15, -0.1) is 0 Å². The van der Waals surface area contributed by atoms with Crippen molar-refractivity contribution in [2.75, 3.05) is 13.1 Å². The molecule has 1 aromatic carbocycles. The van der Waals surface area contributed by atoms with Crippen LogP contribution in [0.4, 0.5) is 4.79 Å². The van der Waals surface area contributed by atoms with Crippen molar-refractivity contribution < 1.29 is 17.9 Å². The molecule has 0 saturated carbocycles. The maximum atomic E-state index is 12.7. The average molecular weight is 339 g/mol. The van der Waals surface area contributed by atoms with Gasteiger partial charge in [0.25, 0.3) is 0 Å². The van der Waals surface area contributed by atoms with Crippen molar-refractivity contribution in [3.63, 3.8) is 0 Å². The lowest BCUT2D eigenvalue weighted by atomic mass is 10.1. The zero-order valence-electron chi connectivity index (χ0n) is 14.2. The Labute approximate surface area is 138 Å². The topological polar surface area (TPSA) is 63.7 Å². The van der Waals surface area contributed by atoms with E-state index in [2.05, 4.69) is 0 Å². The van der Waals surface area contributed by atoms with Gasteiger partial charge in [0.05, 0.1) is 10.1 Å². The molecule has 0 atom stereocenters. The molecule has 5 nitrogen and oxygen atoms in total. The maximum absolute atomic E-state index is 12.7. The summed E-state index contributed by atoms with van der Waals surface area (Å²) in [4.78, 5) is 14.0. The minimum Gasteiger partial charge on any atom is -0.444 e. The van der Waals surface area contributed by atoms with Gasteiger partial charge >= 0.3 is 6.09 Å². The summed E-state index contributed by atoms with van der Waals surface area (Å²) in [5, 5.41) is -0.441. The molecular weight excluding hydrogens is 314 g/mol. The summed E-state index contributed by atoms with van der Waals surface area (Å²) in [7, 11) is -3.34. The standard InChI is InChI=1S/C17H25NO4S/c1-13-5-7-14(8-6-13)23(20,21)15-9-11-18(12-10-15)16(19)22-17(2,3)4/h5-8,15H,9-12H2,1-4H3. The van der Waals surface area contributed by atoms with Crippen molar-refractivity contribution in [3.05, 3.63) is 29.8 Å². The minimum absolute atomic E-state index is 0.360. The van der Waals surface area contributed by atoms with Crippen LogP contribution in [-0.4, -0.2) is 43.4 Å². The van der Waals surface area contributed by atoms with Crippen LogP contribution >= 0.6 is 0 Å². The second kappa shape index (κ2) is 6.51. The smallest absolute Gasteiger partial charge is 0.410 e. The Morgan fingerprint density at radius 2 is 1.65 bits per heavy atom. The first-order valence-electron chi connectivity index (χ1n) is 7.88. The Kier molecular flexibility index (Phi) is 5.04. The SMILES string of the molecule is Cc1ccc(S(=O)(=O)C2CCN(C(=O)OC(C)(C)C)CC2)cc1. The Bertz CT molecular complexity index is 651. The van der Waals surface area contributed by atoms with E-state index >= 15 is 0 Å². The lowest BCUT2D eigenvalue weighted by molar-refractivity contribution is 0.0217. The molecular formula is C17H25NO4S. The third-order valence-corrected chi connectivity index (χ3v) is 6.16. The lowest BCUT2D eigenvalue weighted by Gasteiger charge is -2.33. The van der Waals surface area contributed by atoms with Gasteiger partial charge in [-0.2, -0.15) is 0 Å². The van der Waals surface area contributed by atoms with Gasteiger partial charge in [-0.1, -0.05) is 17.7 Å². The normalized spacial score (nSPS) is 17.1. The first-order valence-corrected chi connectivity index (χ1v) is 9.43. The molecule has 0 bridgehead atoms. The number of piperidine rings is 1. The first kappa shape index (κ1) is 17.8. The van der Waals surface area contributed by atoms with Gasteiger partial charge in [0.2, 0.25) is 0 Å². The summed E-state index contributed by atoms with van der Waals surface area (Å²) < 4.78 is 30.7. The summed E-state index contributed by atoms with van der Waals surface area (Å²) in [5.41, 5.74) is 0.491. The molecule has 0 aromatic heterocycles. The van der Waals surface area contributed by atoms with E-state index in [0.29, 0.717) is 30.8 Å². The minimum atomic E-state index is -3.34. The lowest BCUT2D eigenvalue weighted by Crippen LogP contribution is -2.44. The summed E-state index contributed by atoms with van der Waals surface area (Å²) >= 11 is 0. The predicted octanol–water partition coefficient (Wildman–Crippen LogP) is 3.17. The fraction of sp³-hybridized carbons (Fsp3) is 0.588. The third kappa shape index (κ3) is 4.47. The van der Waals surface area contributed by atoms with E-state index in [4.69, 9.17) is 4.74 Å². The summed E-state index contributed by atoms with van der Waals surface area (Å²) in [6.45, 7) is 8.20. The largest absolute Gasteiger partial charge is 0.444 e. The highest BCUT2D eigenvalue weighted by molar-refractivity contribution is 7.92. The molecule has 0 unspecified atom stereocenters. The van der Waals surface area contributed by atoms with Crippen LogP contribution in [0.5, 0.6) is 0 Å². The van der Waals surface area contributed by atoms with E-state index in [0.717, 1.165) is 5.56 Å². The third-order valence-electron chi connectivity index (χ3n) is 3.88. The molecule has 1 aromatic rings. The number of nitrogens with zero attached hydrogens (tertiary/aromatic N) is 1. The molecule has 128 valence electrons. The summed E-state index contributed by atoms with van der Waals surface area (Å²) in [6, 6.07) is 6.93. The van der Waals surface area contributed by atoms with E-state index in [1.54, 1.807) is 17.0 Å². The van der Waals surface area contributed by atoms with Crippen LogP contribution in [0.25, 0.3) is 0 Å². The summed E-state index contributed by atoms with van der Waals surface area (Å²) in [5.74, 6) is 0. The molecule has 1 aliphatic heterocycles. The molecule has 1 saturated heterocycles. The molecule has 1 amide bonds. The molecule has 2 rings (SSSR count).